The predicted molar refractivity (Wildman–Crippen MR) is 96.2 cm³/mol. The van der Waals surface area contributed by atoms with E-state index in [2.05, 4.69) is 0 Å². The van der Waals surface area contributed by atoms with Gasteiger partial charge in [0.1, 0.15) is 0 Å². The average molecular weight is 854 g/mol. The number of carbonyl (C=O) groups is 1. The highest BCUT2D eigenvalue weighted by Gasteiger charge is 3.03. The van der Waals surface area contributed by atoms with Crippen LogP contribution < -0.4 is 0 Å². The molecule has 2 atom stereocenters. The number of ether oxygens (including phenoxy) is 1. The molecule has 0 radical (unpaired) electrons. The van der Waals surface area contributed by atoms with E-state index in [0.29, 0.717) is 0 Å². The number of hydrogen-bond donors (Lipinski definition) is 0. The molecule has 0 saturated carbocycles. The Labute approximate surface area is 261 Å². The highest BCUT2D eigenvalue weighted by Crippen LogP contribution is 2.70. The molecule has 0 saturated heterocycles. The third-order valence-corrected chi connectivity index (χ3v) is 6.12. The molecule has 0 aromatic heterocycles. The van der Waals surface area contributed by atoms with Gasteiger partial charge < -0.3 is 4.74 Å². The van der Waals surface area contributed by atoms with Gasteiger partial charge in [-0.2, -0.15) is 132 Å². The van der Waals surface area contributed by atoms with Crippen molar-refractivity contribution in [1.82, 2.24) is 0 Å². The molecule has 310 valence electrons. The largest absolute Gasteiger partial charge is 0.460 e. The van der Waals surface area contributed by atoms with Gasteiger partial charge >= 0.3 is 95.2 Å². The molecule has 0 rings (SSSR count). The first-order valence-electron chi connectivity index (χ1n) is 11.1. The van der Waals surface area contributed by atoms with Crippen molar-refractivity contribution in [2.24, 2.45) is 0 Å². The molecule has 0 spiro atoms. The molecule has 0 N–H and O–H groups in total. The van der Waals surface area contributed by atoms with Crippen molar-refractivity contribution in [2.45, 2.75) is 96.2 Å². The summed E-state index contributed by atoms with van der Waals surface area (Å²) in [6.07, 6.45) is -26.2. The van der Waals surface area contributed by atoms with E-state index in [1.807, 2.05) is 11.3 Å². The number of carbonyl (C=O) groups excluding carboxylic acids is 1. The molecule has 0 bridgehead atoms. The second kappa shape index (κ2) is 12.0. The highest BCUT2D eigenvalue weighted by atomic mass is 19.4. The first-order chi connectivity index (χ1) is 21.8. The number of esters is 1. The smallest absolute Gasteiger partial charge is 0.415 e. The lowest BCUT2D eigenvalue weighted by molar-refractivity contribution is -0.501. The van der Waals surface area contributed by atoms with Gasteiger partial charge in [0.05, 0.1) is 0 Å². The Morgan fingerprint density at radius 2 is 0.558 bits per heavy atom. The number of alkyl halides is 31. The van der Waals surface area contributed by atoms with Crippen molar-refractivity contribution in [3.63, 3.8) is 0 Å². The van der Waals surface area contributed by atoms with E-state index in [9.17, 15) is 137 Å². The predicted octanol–water partition coefficient (Wildman–Crippen LogP) is 10.5. The number of halogens is 31. The first-order valence-corrected chi connectivity index (χ1v) is 11.1. The van der Waals surface area contributed by atoms with Crippen LogP contribution in [0.25, 0.3) is 0 Å². The second-order valence-electron chi connectivity index (χ2n) is 9.66. The maximum atomic E-state index is 15.2. The molecule has 0 aliphatic heterocycles. The number of hydrogen-bond acceptors (Lipinski definition) is 2. The highest BCUT2D eigenvalue weighted by molar-refractivity contribution is 5.87. The molecular weight excluding hydrogens is 849 g/mol. The van der Waals surface area contributed by atoms with Crippen molar-refractivity contribution < 1.29 is 146 Å². The summed E-state index contributed by atoms with van der Waals surface area (Å²) >= 11 is 0. The van der Waals surface area contributed by atoms with E-state index < -0.39 is 101 Å². The Morgan fingerprint density at radius 3 is 0.750 bits per heavy atom. The lowest BCUT2D eigenvalue weighted by Crippen LogP contribution is -2.83. The fraction of sp³-hybridized carbons (Fsp3) is 0.842. The fourth-order valence-electron chi connectivity index (χ4n) is 3.08. The van der Waals surface area contributed by atoms with Gasteiger partial charge in [-0.3, -0.25) is 0 Å². The molecule has 0 aromatic rings. The maximum Gasteiger partial charge on any atom is 0.460 e. The molecule has 0 heterocycles. The van der Waals surface area contributed by atoms with E-state index in [1.165, 1.54) is 0 Å². The zero-order valence-electron chi connectivity index (χ0n) is 22.7. The standard InChI is InChI=1S/C19H5F31O2/c1-3(2)4(51)52-16(41,5(20,17(42,43)44)6(21,22)18(45,46)47)14(37,38)12(33,34)10(29,30)8(25,26)7(23,24)9(27,28)11(31,32)13(35,36)15(39,40)19(48,49)50/h1H2,2H3. The van der Waals surface area contributed by atoms with Gasteiger partial charge in [0.25, 0.3) is 0 Å². The van der Waals surface area contributed by atoms with Crippen molar-refractivity contribution in [1.29, 1.82) is 0 Å². The molecular formula is C19H5F31O2. The lowest BCUT2D eigenvalue weighted by Gasteiger charge is -2.49. The molecule has 0 amide bonds. The van der Waals surface area contributed by atoms with Crippen LogP contribution in [0.5, 0.6) is 0 Å². The summed E-state index contributed by atoms with van der Waals surface area (Å²) in [7, 11) is 0. The topological polar surface area (TPSA) is 26.3 Å². The third-order valence-electron chi connectivity index (χ3n) is 6.12. The van der Waals surface area contributed by atoms with Crippen LogP contribution in [-0.4, -0.2) is 95.2 Å². The van der Waals surface area contributed by atoms with Crippen LogP contribution in [0.1, 0.15) is 6.92 Å². The average Bonchev–Trinajstić information content (AvgIpc) is 2.89. The quantitative estimate of drug-likeness (QED) is 0.105. The Balaban J connectivity index is 8.37. The van der Waals surface area contributed by atoms with Crippen LogP contribution in [-0.2, 0) is 9.53 Å². The molecule has 0 aliphatic rings. The van der Waals surface area contributed by atoms with E-state index >= 15 is 4.39 Å². The van der Waals surface area contributed by atoms with Crippen molar-refractivity contribution in [3.05, 3.63) is 12.2 Å². The minimum absolute atomic E-state index is 0.335. The molecule has 0 fully saturated rings. The van der Waals surface area contributed by atoms with Gasteiger partial charge in [-0.05, 0) is 6.92 Å². The minimum Gasteiger partial charge on any atom is -0.415 e. The SMILES string of the molecule is C=C(C)C(=O)OC(F)(C(F)(F)C(F)(F)C(F)(F)C(F)(F)C(F)(F)C(F)(F)C(F)(F)C(F)(F)C(F)(F)C(F)(F)F)C(F)(C(F)(F)F)C(F)(F)C(F)(F)F. The molecule has 0 aromatic carbocycles. The van der Waals surface area contributed by atoms with E-state index in [0.717, 1.165) is 0 Å². The van der Waals surface area contributed by atoms with Gasteiger partial charge in [0, 0.05) is 5.57 Å². The Morgan fingerprint density at radius 1 is 0.346 bits per heavy atom. The van der Waals surface area contributed by atoms with Crippen LogP contribution in [0.4, 0.5) is 136 Å². The summed E-state index contributed by atoms with van der Waals surface area (Å²) in [5.41, 5.74) is -12.0. The second-order valence-corrected chi connectivity index (χ2v) is 9.66. The van der Waals surface area contributed by atoms with Crippen LogP contribution in [0.2, 0.25) is 0 Å². The number of rotatable bonds is 13. The summed E-state index contributed by atoms with van der Waals surface area (Å²) in [4.78, 5) is 11.3. The summed E-state index contributed by atoms with van der Waals surface area (Å²) in [5, 5.41) is 0. The summed E-state index contributed by atoms with van der Waals surface area (Å²) in [5.74, 6) is -111. The van der Waals surface area contributed by atoms with E-state index in [1.54, 1.807) is 0 Å². The normalized spacial score (nSPS) is 18.5. The van der Waals surface area contributed by atoms with E-state index in [4.69, 9.17) is 0 Å². The fourth-order valence-corrected chi connectivity index (χ4v) is 3.08. The monoisotopic (exact) mass is 854 g/mol. The molecule has 0 aliphatic carbocycles. The van der Waals surface area contributed by atoms with Crippen molar-refractivity contribution in [3.8, 4) is 0 Å². The van der Waals surface area contributed by atoms with Crippen LogP contribution >= 0.6 is 0 Å². The Kier molecular flexibility index (Phi) is 11.3. The van der Waals surface area contributed by atoms with Crippen LogP contribution in [0.3, 0.4) is 0 Å². The van der Waals surface area contributed by atoms with Gasteiger partial charge in [0.15, 0.2) is 0 Å². The molecule has 2 nitrogen and oxygen atoms in total. The van der Waals surface area contributed by atoms with Gasteiger partial charge in [-0.1, -0.05) is 6.58 Å². The summed E-state index contributed by atoms with van der Waals surface area (Å²) in [6.45, 7) is 1.63. The van der Waals surface area contributed by atoms with Crippen molar-refractivity contribution in [2.75, 3.05) is 0 Å². The van der Waals surface area contributed by atoms with E-state index in [-0.39, 0.29) is 6.92 Å². The third kappa shape index (κ3) is 5.72. The molecule has 2 unspecified atom stereocenters. The van der Waals surface area contributed by atoms with Crippen LogP contribution in [0.15, 0.2) is 12.2 Å². The first kappa shape index (κ1) is 49.0. The lowest BCUT2D eigenvalue weighted by atomic mass is 9.78. The van der Waals surface area contributed by atoms with Crippen LogP contribution in [0, 0.1) is 0 Å². The van der Waals surface area contributed by atoms with Gasteiger partial charge in [0.2, 0.25) is 0 Å². The Hall–Kier alpha value is -2.96. The minimum atomic E-state index is -10.2. The van der Waals surface area contributed by atoms with Gasteiger partial charge in [-0.25, -0.2) is 9.18 Å². The summed E-state index contributed by atoms with van der Waals surface area (Å²) in [6, 6.07) is 0. The van der Waals surface area contributed by atoms with Crippen molar-refractivity contribution >= 4 is 5.97 Å². The zero-order chi connectivity index (χ0) is 43.4. The molecule has 52 heavy (non-hydrogen) atoms. The maximum absolute atomic E-state index is 15.2. The zero-order valence-corrected chi connectivity index (χ0v) is 22.7. The summed E-state index contributed by atoms with van der Waals surface area (Å²) < 4.78 is 422. The van der Waals surface area contributed by atoms with Gasteiger partial charge in [-0.15, -0.1) is 0 Å². The molecule has 33 heteroatoms. The Bertz CT molecular complexity index is 1360.